The summed E-state index contributed by atoms with van der Waals surface area (Å²) in [5.41, 5.74) is 1.58. The topological polar surface area (TPSA) is 62.2 Å². The smallest absolute Gasteiger partial charge is 0.349 e. The number of aromatic carboxylic acids is 1. The van der Waals surface area contributed by atoms with Crippen molar-refractivity contribution in [3.63, 3.8) is 0 Å². The van der Waals surface area contributed by atoms with Gasteiger partial charge in [-0.3, -0.25) is 0 Å². The number of halogens is 1. The monoisotopic (exact) mass is 328 g/mol. The third kappa shape index (κ3) is 3.54. The Hall–Kier alpha value is -2.73. The van der Waals surface area contributed by atoms with E-state index in [9.17, 15) is 14.3 Å². The van der Waals surface area contributed by atoms with Crippen LogP contribution in [0.4, 0.5) is 10.2 Å². The van der Waals surface area contributed by atoms with Crippen molar-refractivity contribution < 1.29 is 14.3 Å². The first-order chi connectivity index (χ1) is 11.1. The van der Waals surface area contributed by atoms with Crippen LogP contribution < -0.4 is 5.32 Å². The molecule has 0 aliphatic rings. The van der Waals surface area contributed by atoms with Crippen LogP contribution in [0.1, 0.15) is 15.2 Å². The molecule has 0 atom stereocenters. The Bertz CT molecular complexity index is 834. The Kier molecular flexibility index (Phi) is 4.34. The summed E-state index contributed by atoms with van der Waals surface area (Å²) in [4.78, 5) is 15.8. The van der Waals surface area contributed by atoms with Crippen LogP contribution in [-0.2, 0) is 6.54 Å². The number of thiazole rings is 1. The van der Waals surface area contributed by atoms with Gasteiger partial charge in [0.25, 0.3) is 0 Å². The van der Waals surface area contributed by atoms with Crippen molar-refractivity contribution in [3.8, 4) is 10.6 Å². The average molecular weight is 328 g/mol. The van der Waals surface area contributed by atoms with Crippen molar-refractivity contribution >= 4 is 23.1 Å². The van der Waals surface area contributed by atoms with Gasteiger partial charge in [0.15, 0.2) is 10.7 Å². The van der Waals surface area contributed by atoms with E-state index in [0.717, 1.165) is 16.9 Å². The third-order valence-electron chi connectivity index (χ3n) is 3.20. The summed E-state index contributed by atoms with van der Waals surface area (Å²) < 4.78 is 13.3. The lowest BCUT2D eigenvalue weighted by atomic mass is 10.2. The standard InChI is InChI=1S/C17H13FN2O2S/c18-13-8-4-7-12(9-13)16-20-15(14(23-16)17(21)22)19-10-11-5-2-1-3-6-11/h1-9,19H,10H2,(H,21,22). The number of nitrogens with one attached hydrogen (secondary N) is 1. The summed E-state index contributed by atoms with van der Waals surface area (Å²) in [6, 6.07) is 15.6. The molecule has 2 N–H and O–H groups in total. The predicted molar refractivity (Wildman–Crippen MR) is 88.2 cm³/mol. The molecule has 23 heavy (non-hydrogen) atoms. The van der Waals surface area contributed by atoms with Crippen molar-refractivity contribution in [2.75, 3.05) is 5.32 Å². The van der Waals surface area contributed by atoms with Crippen LogP contribution in [0.5, 0.6) is 0 Å². The molecule has 1 heterocycles. The van der Waals surface area contributed by atoms with Gasteiger partial charge in [-0.25, -0.2) is 14.2 Å². The number of carboxylic acid groups (broad SMARTS) is 1. The molecule has 116 valence electrons. The van der Waals surface area contributed by atoms with Gasteiger partial charge in [-0.2, -0.15) is 0 Å². The third-order valence-corrected chi connectivity index (χ3v) is 4.29. The summed E-state index contributed by atoms with van der Waals surface area (Å²) in [6.45, 7) is 0.466. The molecule has 0 spiro atoms. The van der Waals surface area contributed by atoms with E-state index in [1.807, 2.05) is 30.3 Å². The molecule has 6 heteroatoms. The number of anilines is 1. The van der Waals surface area contributed by atoms with Gasteiger partial charge in [-0.15, -0.1) is 11.3 Å². The molecule has 1 aromatic heterocycles. The summed E-state index contributed by atoms with van der Waals surface area (Å²) >= 11 is 1.02. The predicted octanol–water partition coefficient (Wildman–Crippen LogP) is 4.26. The Morgan fingerprint density at radius 2 is 1.96 bits per heavy atom. The zero-order chi connectivity index (χ0) is 16.2. The Labute approximate surface area is 136 Å². The van der Waals surface area contributed by atoms with Gasteiger partial charge in [0, 0.05) is 12.1 Å². The number of hydrogen-bond acceptors (Lipinski definition) is 4. The molecule has 0 saturated heterocycles. The molecule has 0 amide bonds. The first-order valence-corrected chi connectivity index (χ1v) is 7.73. The molecule has 4 nitrogen and oxygen atoms in total. The van der Waals surface area contributed by atoms with Crippen molar-refractivity contribution in [2.45, 2.75) is 6.54 Å². The highest BCUT2D eigenvalue weighted by Crippen LogP contribution is 2.31. The summed E-state index contributed by atoms with van der Waals surface area (Å²) in [5, 5.41) is 12.8. The van der Waals surface area contributed by atoms with Gasteiger partial charge in [0.1, 0.15) is 10.8 Å². The zero-order valence-electron chi connectivity index (χ0n) is 12.0. The molecular formula is C17H13FN2O2S. The molecule has 0 saturated carbocycles. The van der Waals surface area contributed by atoms with E-state index >= 15 is 0 Å². The highest BCUT2D eigenvalue weighted by Gasteiger charge is 2.18. The SMILES string of the molecule is O=C(O)c1sc(-c2cccc(F)c2)nc1NCc1ccccc1. The molecular weight excluding hydrogens is 315 g/mol. The lowest BCUT2D eigenvalue weighted by Crippen LogP contribution is -2.04. The van der Waals surface area contributed by atoms with Crippen LogP contribution in [0.15, 0.2) is 54.6 Å². The number of benzene rings is 2. The normalized spacial score (nSPS) is 10.5. The molecule has 3 rings (SSSR count). The van der Waals surface area contributed by atoms with E-state index < -0.39 is 5.97 Å². The number of nitrogens with zero attached hydrogens (tertiary/aromatic N) is 1. The fourth-order valence-electron chi connectivity index (χ4n) is 2.11. The molecule has 0 bridgehead atoms. The largest absolute Gasteiger partial charge is 0.477 e. The number of carbonyl (C=O) groups is 1. The van der Waals surface area contributed by atoms with Crippen LogP contribution in [-0.4, -0.2) is 16.1 Å². The molecule has 0 aliphatic heterocycles. The highest BCUT2D eigenvalue weighted by atomic mass is 32.1. The molecule has 0 aliphatic carbocycles. The van der Waals surface area contributed by atoms with Crippen LogP contribution in [0.3, 0.4) is 0 Å². The Balaban J connectivity index is 1.88. The minimum absolute atomic E-state index is 0.111. The minimum Gasteiger partial charge on any atom is -0.477 e. The fraction of sp³-hybridized carbons (Fsp3) is 0.0588. The van der Waals surface area contributed by atoms with Gasteiger partial charge < -0.3 is 10.4 Å². The van der Waals surface area contributed by atoms with E-state index in [2.05, 4.69) is 10.3 Å². The van der Waals surface area contributed by atoms with Gasteiger partial charge in [-0.05, 0) is 17.7 Å². The quantitative estimate of drug-likeness (QED) is 0.734. The van der Waals surface area contributed by atoms with E-state index in [-0.39, 0.29) is 10.7 Å². The van der Waals surface area contributed by atoms with Crippen LogP contribution in [0.25, 0.3) is 10.6 Å². The second kappa shape index (κ2) is 6.58. The van der Waals surface area contributed by atoms with Gasteiger partial charge in [0.2, 0.25) is 0 Å². The summed E-state index contributed by atoms with van der Waals surface area (Å²) in [7, 11) is 0. The maximum absolute atomic E-state index is 13.3. The highest BCUT2D eigenvalue weighted by molar-refractivity contribution is 7.17. The molecule has 0 unspecified atom stereocenters. The van der Waals surface area contributed by atoms with Crippen LogP contribution in [0.2, 0.25) is 0 Å². The Morgan fingerprint density at radius 1 is 1.17 bits per heavy atom. The lowest BCUT2D eigenvalue weighted by Gasteiger charge is -2.04. The van der Waals surface area contributed by atoms with Crippen molar-refractivity contribution in [3.05, 3.63) is 70.9 Å². The number of carboxylic acids is 1. The van der Waals surface area contributed by atoms with Crippen molar-refractivity contribution in [2.24, 2.45) is 0 Å². The average Bonchev–Trinajstić information content (AvgIpc) is 2.98. The number of hydrogen-bond donors (Lipinski definition) is 2. The van der Waals surface area contributed by atoms with Crippen molar-refractivity contribution in [1.82, 2.24) is 4.98 Å². The van der Waals surface area contributed by atoms with E-state index in [4.69, 9.17) is 0 Å². The lowest BCUT2D eigenvalue weighted by molar-refractivity contribution is 0.0703. The maximum atomic E-state index is 13.3. The van der Waals surface area contributed by atoms with E-state index in [1.54, 1.807) is 12.1 Å². The first-order valence-electron chi connectivity index (χ1n) is 6.91. The van der Waals surface area contributed by atoms with E-state index in [0.29, 0.717) is 22.9 Å². The fourth-order valence-corrected chi connectivity index (χ4v) is 2.99. The minimum atomic E-state index is -1.05. The molecule has 3 aromatic rings. The molecule has 0 radical (unpaired) electrons. The zero-order valence-corrected chi connectivity index (χ0v) is 12.8. The second-order valence-electron chi connectivity index (χ2n) is 4.85. The Morgan fingerprint density at radius 3 is 2.65 bits per heavy atom. The summed E-state index contributed by atoms with van der Waals surface area (Å²) in [5.74, 6) is -1.14. The maximum Gasteiger partial charge on any atom is 0.349 e. The van der Waals surface area contributed by atoms with Crippen molar-refractivity contribution in [1.29, 1.82) is 0 Å². The van der Waals surface area contributed by atoms with Gasteiger partial charge in [0.05, 0.1) is 0 Å². The van der Waals surface area contributed by atoms with Crippen LogP contribution in [0, 0.1) is 5.82 Å². The number of aromatic nitrogens is 1. The van der Waals surface area contributed by atoms with Gasteiger partial charge >= 0.3 is 5.97 Å². The molecule has 0 fully saturated rings. The summed E-state index contributed by atoms with van der Waals surface area (Å²) in [6.07, 6.45) is 0. The van der Waals surface area contributed by atoms with Crippen LogP contribution >= 0.6 is 11.3 Å². The van der Waals surface area contributed by atoms with E-state index in [1.165, 1.54) is 12.1 Å². The number of rotatable bonds is 5. The molecule has 2 aromatic carbocycles. The second-order valence-corrected chi connectivity index (χ2v) is 5.85. The first kappa shape index (κ1) is 15.2. The van der Waals surface area contributed by atoms with Gasteiger partial charge in [-0.1, -0.05) is 42.5 Å².